The molecule has 1 nitrogen and oxygen atoms in total. The fraction of sp³-hybridized carbons (Fsp3) is 1.00. The van der Waals surface area contributed by atoms with E-state index in [0.717, 1.165) is 6.04 Å². The van der Waals surface area contributed by atoms with Crippen molar-refractivity contribution in [3.63, 3.8) is 0 Å². The largest absolute Gasteiger partial charge is 0.326 e. The first kappa shape index (κ1) is 6.09. The van der Waals surface area contributed by atoms with Crippen molar-refractivity contribution in [2.75, 3.05) is 20.6 Å². The van der Waals surface area contributed by atoms with Gasteiger partial charge in [0.25, 0.3) is 0 Å². The normalized spacial score (nSPS) is 34.1. The molecule has 1 saturated heterocycles. The van der Waals surface area contributed by atoms with Crippen molar-refractivity contribution >= 4 is 0 Å². The number of hydrogen-bond acceptors (Lipinski definition) is 0. The minimum absolute atomic E-state index is 0.968. The molecule has 0 radical (unpaired) electrons. The molecule has 0 N–H and O–H groups in total. The quantitative estimate of drug-likeness (QED) is 0.450. The highest BCUT2D eigenvalue weighted by atomic mass is 15.4. The Hall–Kier alpha value is -0.0400. The Balaban J connectivity index is 2.37. The van der Waals surface area contributed by atoms with Crippen LogP contribution < -0.4 is 0 Å². The van der Waals surface area contributed by atoms with Crippen LogP contribution in [0.15, 0.2) is 0 Å². The fourth-order valence-electron chi connectivity index (χ4n) is 1.53. The van der Waals surface area contributed by atoms with Gasteiger partial charge in [-0.15, -0.1) is 0 Å². The van der Waals surface area contributed by atoms with Gasteiger partial charge in [-0.1, -0.05) is 6.92 Å². The number of rotatable bonds is 1. The number of quaternary nitrogens is 1. The monoisotopic (exact) mass is 114 g/mol. The maximum Gasteiger partial charge on any atom is 0.0937 e. The summed E-state index contributed by atoms with van der Waals surface area (Å²) >= 11 is 0. The van der Waals surface area contributed by atoms with Gasteiger partial charge >= 0.3 is 0 Å². The van der Waals surface area contributed by atoms with E-state index in [4.69, 9.17) is 0 Å². The molecular weight excluding hydrogens is 98.1 g/mol. The van der Waals surface area contributed by atoms with Gasteiger partial charge in [0.2, 0.25) is 0 Å². The van der Waals surface area contributed by atoms with Crippen molar-refractivity contribution in [3.05, 3.63) is 0 Å². The summed E-state index contributed by atoms with van der Waals surface area (Å²) in [6.07, 6.45) is 2.80. The van der Waals surface area contributed by atoms with E-state index < -0.39 is 0 Å². The average Bonchev–Trinajstić information content (AvgIpc) is 1.66. The Morgan fingerprint density at radius 2 is 2.12 bits per heavy atom. The third-order valence-electron chi connectivity index (χ3n) is 2.50. The SMILES string of the molecule is CCC1CC[N+]1(C)C. The first-order valence-electron chi connectivity index (χ1n) is 3.49. The van der Waals surface area contributed by atoms with E-state index in [0.29, 0.717) is 0 Å². The summed E-state index contributed by atoms with van der Waals surface area (Å²) in [5.74, 6) is 0. The minimum Gasteiger partial charge on any atom is -0.326 e. The molecule has 1 atom stereocenters. The van der Waals surface area contributed by atoms with Crippen molar-refractivity contribution in [2.45, 2.75) is 25.8 Å². The number of likely N-dealkylation sites (tertiary alicyclic amines) is 1. The molecule has 1 unspecified atom stereocenters. The van der Waals surface area contributed by atoms with E-state index in [9.17, 15) is 0 Å². The fourth-order valence-corrected chi connectivity index (χ4v) is 1.53. The second-order valence-corrected chi connectivity index (χ2v) is 3.35. The molecular formula is C7H16N+. The van der Waals surface area contributed by atoms with Crippen molar-refractivity contribution < 1.29 is 4.48 Å². The maximum absolute atomic E-state index is 2.32. The van der Waals surface area contributed by atoms with E-state index in [1.807, 2.05) is 0 Å². The Bertz CT molecular complexity index is 84.4. The summed E-state index contributed by atoms with van der Waals surface area (Å²) in [6.45, 7) is 3.67. The predicted molar refractivity (Wildman–Crippen MR) is 35.7 cm³/mol. The van der Waals surface area contributed by atoms with Crippen LogP contribution >= 0.6 is 0 Å². The zero-order chi connectivity index (χ0) is 6.20. The highest BCUT2D eigenvalue weighted by Gasteiger charge is 2.36. The van der Waals surface area contributed by atoms with Crippen LogP contribution in [0.5, 0.6) is 0 Å². The molecule has 0 saturated carbocycles. The molecule has 0 bridgehead atoms. The molecule has 8 heavy (non-hydrogen) atoms. The van der Waals surface area contributed by atoms with Gasteiger partial charge in [0.1, 0.15) is 0 Å². The minimum atomic E-state index is 0.968. The van der Waals surface area contributed by atoms with Gasteiger partial charge in [0.15, 0.2) is 0 Å². The van der Waals surface area contributed by atoms with Crippen LogP contribution in [0.25, 0.3) is 0 Å². The summed E-state index contributed by atoms with van der Waals surface area (Å²) in [7, 11) is 4.63. The number of nitrogens with zero attached hydrogens (tertiary/aromatic N) is 1. The van der Waals surface area contributed by atoms with Crippen molar-refractivity contribution in [2.24, 2.45) is 0 Å². The van der Waals surface area contributed by atoms with Crippen LogP contribution in [0.4, 0.5) is 0 Å². The highest BCUT2D eigenvalue weighted by Crippen LogP contribution is 2.24. The molecule has 1 heterocycles. The molecule has 0 aliphatic carbocycles. The second-order valence-electron chi connectivity index (χ2n) is 3.35. The van der Waals surface area contributed by atoms with Crippen LogP contribution in [-0.4, -0.2) is 31.2 Å². The van der Waals surface area contributed by atoms with Crippen LogP contribution in [0, 0.1) is 0 Å². The van der Waals surface area contributed by atoms with Crippen molar-refractivity contribution in [1.29, 1.82) is 0 Å². The molecule has 0 aromatic heterocycles. The average molecular weight is 114 g/mol. The highest BCUT2D eigenvalue weighted by molar-refractivity contribution is 4.64. The molecule has 0 spiro atoms. The Kier molecular flexibility index (Phi) is 1.31. The summed E-state index contributed by atoms with van der Waals surface area (Å²) in [4.78, 5) is 0. The van der Waals surface area contributed by atoms with E-state index in [2.05, 4.69) is 21.0 Å². The van der Waals surface area contributed by atoms with Gasteiger partial charge in [-0.3, -0.25) is 0 Å². The molecule has 1 heteroatoms. The lowest BCUT2D eigenvalue weighted by atomic mass is 9.98. The van der Waals surface area contributed by atoms with E-state index in [1.54, 1.807) is 0 Å². The zero-order valence-corrected chi connectivity index (χ0v) is 6.15. The molecule has 1 aliphatic heterocycles. The molecule has 1 rings (SSSR count). The topological polar surface area (TPSA) is 0 Å². The van der Waals surface area contributed by atoms with Crippen molar-refractivity contribution in [1.82, 2.24) is 0 Å². The number of hydrogen-bond donors (Lipinski definition) is 0. The zero-order valence-electron chi connectivity index (χ0n) is 6.15. The molecule has 1 aliphatic rings. The van der Waals surface area contributed by atoms with E-state index in [-0.39, 0.29) is 0 Å². The summed E-state index contributed by atoms with van der Waals surface area (Å²) in [6, 6.07) is 0.968. The standard InChI is InChI=1S/C7H16N/c1-4-7-5-6-8(7,2)3/h7H,4-6H2,1-3H3/q+1. The van der Waals surface area contributed by atoms with Gasteiger partial charge < -0.3 is 4.48 Å². The van der Waals surface area contributed by atoms with Gasteiger partial charge in [-0.2, -0.15) is 0 Å². The summed E-state index contributed by atoms with van der Waals surface area (Å²) < 4.78 is 1.26. The van der Waals surface area contributed by atoms with E-state index in [1.165, 1.54) is 23.9 Å². The van der Waals surface area contributed by atoms with Crippen LogP contribution in [0.2, 0.25) is 0 Å². The molecule has 0 amide bonds. The third-order valence-corrected chi connectivity index (χ3v) is 2.50. The third kappa shape index (κ3) is 0.752. The van der Waals surface area contributed by atoms with Crippen LogP contribution in [-0.2, 0) is 0 Å². The van der Waals surface area contributed by atoms with Gasteiger partial charge in [0, 0.05) is 6.42 Å². The molecule has 48 valence electrons. The van der Waals surface area contributed by atoms with Gasteiger partial charge in [0.05, 0.1) is 26.7 Å². The van der Waals surface area contributed by atoms with E-state index >= 15 is 0 Å². The Morgan fingerprint density at radius 3 is 2.12 bits per heavy atom. The van der Waals surface area contributed by atoms with Gasteiger partial charge in [-0.05, 0) is 6.42 Å². The van der Waals surface area contributed by atoms with Crippen LogP contribution in [0.3, 0.4) is 0 Å². The molecule has 0 aromatic rings. The maximum atomic E-state index is 2.32. The first-order valence-corrected chi connectivity index (χ1v) is 3.49. The van der Waals surface area contributed by atoms with Crippen LogP contribution in [0.1, 0.15) is 19.8 Å². The lowest BCUT2D eigenvalue weighted by molar-refractivity contribution is -0.955. The lowest BCUT2D eigenvalue weighted by Gasteiger charge is -2.46. The summed E-state index contributed by atoms with van der Waals surface area (Å²) in [5.41, 5.74) is 0. The molecule has 1 fully saturated rings. The van der Waals surface area contributed by atoms with Gasteiger partial charge in [-0.25, -0.2) is 0 Å². The smallest absolute Gasteiger partial charge is 0.0937 e. The lowest BCUT2D eigenvalue weighted by Crippen LogP contribution is -2.59. The summed E-state index contributed by atoms with van der Waals surface area (Å²) in [5, 5.41) is 0. The molecule has 0 aromatic carbocycles. The Labute approximate surface area is 51.9 Å². The van der Waals surface area contributed by atoms with Crippen molar-refractivity contribution in [3.8, 4) is 0 Å². The second kappa shape index (κ2) is 1.73. The Morgan fingerprint density at radius 1 is 1.50 bits per heavy atom. The predicted octanol–water partition coefficient (Wildman–Crippen LogP) is 1.25. The first-order chi connectivity index (χ1) is 3.67.